The Kier molecular flexibility index (Phi) is 4.75. The van der Waals surface area contributed by atoms with E-state index in [1.165, 1.54) is 17.8 Å². The topological polar surface area (TPSA) is 22.1 Å². The Morgan fingerprint density at radius 3 is 2.73 bits per heavy atom. The summed E-state index contributed by atoms with van der Waals surface area (Å²) in [5.41, 5.74) is 1.93. The van der Waals surface area contributed by atoms with Gasteiger partial charge in [0.2, 0.25) is 0 Å². The van der Waals surface area contributed by atoms with Crippen molar-refractivity contribution < 1.29 is 9.13 Å². The molecular formula is C17H14FNOS2. The van der Waals surface area contributed by atoms with E-state index in [9.17, 15) is 4.39 Å². The summed E-state index contributed by atoms with van der Waals surface area (Å²) in [6.07, 6.45) is 0. The number of aromatic nitrogens is 1. The van der Waals surface area contributed by atoms with Gasteiger partial charge in [0.05, 0.1) is 18.4 Å². The van der Waals surface area contributed by atoms with Gasteiger partial charge >= 0.3 is 0 Å². The van der Waals surface area contributed by atoms with Gasteiger partial charge < -0.3 is 4.74 Å². The Balaban J connectivity index is 1.75. The van der Waals surface area contributed by atoms with Crippen LogP contribution in [-0.4, -0.2) is 12.1 Å². The number of methoxy groups -OCH3 is 1. The maximum Gasteiger partial charge on any atom is 0.136 e. The Hall–Kier alpha value is -1.85. The fourth-order valence-electron chi connectivity index (χ4n) is 2.03. The average Bonchev–Trinajstić information content (AvgIpc) is 3.03. The van der Waals surface area contributed by atoms with Crippen LogP contribution >= 0.6 is 23.1 Å². The first-order valence-corrected chi connectivity index (χ1v) is 8.59. The molecule has 0 aliphatic carbocycles. The molecule has 0 N–H and O–H groups in total. The molecule has 0 aliphatic heterocycles. The maximum atomic E-state index is 13.6. The molecule has 3 aromatic rings. The first kappa shape index (κ1) is 15.1. The van der Waals surface area contributed by atoms with Crippen LogP contribution in [0, 0.1) is 5.82 Å². The smallest absolute Gasteiger partial charge is 0.136 e. The second-order valence-corrected chi connectivity index (χ2v) is 6.44. The van der Waals surface area contributed by atoms with Crippen LogP contribution in [0.3, 0.4) is 0 Å². The highest BCUT2D eigenvalue weighted by molar-refractivity contribution is 7.98. The van der Waals surface area contributed by atoms with Crippen molar-refractivity contribution in [2.75, 3.05) is 7.11 Å². The Morgan fingerprint density at radius 2 is 1.91 bits per heavy atom. The van der Waals surface area contributed by atoms with Gasteiger partial charge in [0.15, 0.2) is 0 Å². The summed E-state index contributed by atoms with van der Waals surface area (Å²) in [6, 6.07) is 14.6. The molecule has 0 saturated carbocycles. The van der Waals surface area contributed by atoms with Crippen molar-refractivity contribution in [1.29, 1.82) is 0 Å². The molecular weight excluding hydrogens is 317 g/mol. The van der Waals surface area contributed by atoms with Crippen LogP contribution in [0.2, 0.25) is 0 Å². The van der Waals surface area contributed by atoms with Crippen LogP contribution in [0.1, 0.15) is 5.69 Å². The van der Waals surface area contributed by atoms with E-state index in [0.717, 1.165) is 22.0 Å². The number of hydrogen-bond donors (Lipinski definition) is 0. The second-order valence-electron chi connectivity index (χ2n) is 4.56. The van der Waals surface area contributed by atoms with Gasteiger partial charge in [-0.1, -0.05) is 24.3 Å². The van der Waals surface area contributed by atoms with Crippen molar-refractivity contribution in [2.24, 2.45) is 0 Å². The molecule has 2 nitrogen and oxygen atoms in total. The van der Waals surface area contributed by atoms with Gasteiger partial charge in [-0.15, -0.1) is 23.1 Å². The van der Waals surface area contributed by atoms with Crippen LogP contribution in [-0.2, 0) is 5.75 Å². The zero-order valence-electron chi connectivity index (χ0n) is 12.0. The number of rotatable bonds is 5. The summed E-state index contributed by atoms with van der Waals surface area (Å²) < 4.78 is 19.0. The fourth-order valence-corrected chi connectivity index (χ4v) is 3.82. The number of nitrogens with zero attached hydrogens (tertiary/aromatic N) is 1. The number of thioether (sulfide) groups is 1. The molecule has 112 valence electrons. The summed E-state index contributed by atoms with van der Waals surface area (Å²) in [6.45, 7) is 0. The second kappa shape index (κ2) is 6.94. The standard InChI is InChI=1S/C17H14FNOS2/c1-20-15-8-4-2-6-13(15)17-19-12(11-22-17)10-21-16-9-5-3-7-14(16)18/h2-9,11H,10H2,1H3. The lowest BCUT2D eigenvalue weighted by Gasteiger charge is -2.04. The SMILES string of the molecule is COc1ccccc1-c1nc(CSc2ccccc2F)cs1. The van der Waals surface area contributed by atoms with E-state index in [1.807, 2.05) is 35.7 Å². The molecule has 0 unspecified atom stereocenters. The third-order valence-corrected chi connectivity index (χ3v) is 5.11. The number of ether oxygens (including phenoxy) is 1. The fraction of sp³-hybridized carbons (Fsp3) is 0.118. The number of hydrogen-bond acceptors (Lipinski definition) is 4. The van der Waals surface area contributed by atoms with Crippen LogP contribution in [0.15, 0.2) is 58.8 Å². The zero-order chi connectivity index (χ0) is 15.4. The Morgan fingerprint density at radius 1 is 1.14 bits per heavy atom. The monoisotopic (exact) mass is 331 g/mol. The quantitative estimate of drug-likeness (QED) is 0.596. The van der Waals surface area contributed by atoms with E-state index >= 15 is 0 Å². The van der Waals surface area contributed by atoms with Crippen LogP contribution in [0.4, 0.5) is 4.39 Å². The summed E-state index contributed by atoms with van der Waals surface area (Å²) in [7, 11) is 1.65. The minimum atomic E-state index is -0.187. The number of benzene rings is 2. The zero-order valence-corrected chi connectivity index (χ0v) is 13.6. The molecule has 1 aromatic heterocycles. The lowest BCUT2D eigenvalue weighted by Crippen LogP contribution is -1.88. The molecule has 0 radical (unpaired) electrons. The highest BCUT2D eigenvalue weighted by Gasteiger charge is 2.10. The van der Waals surface area contributed by atoms with Gasteiger partial charge in [-0.2, -0.15) is 0 Å². The van der Waals surface area contributed by atoms with Gasteiger partial charge in [-0.25, -0.2) is 9.37 Å². The lowest BCUT2D eigenvalue weighted by atomic mass is 10.2. The molecule has 5 heteroatoms. The van der Waals surface area contributed by atoms with Crippen molar-refractivity contribution in [1.82, 2.24) is 4.98 Å². The van der Waals surface area contributed by atoms with Crippen molar-refractivity contribution >= 4 is 23.1 Å². The minimum Gasteiger partial charge on any atom is -0.496 e. The first-order valence-electron chi connectivity index (χ1n) is 6.73. The molecule has 0 amide bonds. The number of thiazole rings is 1. The molecule has 2 aromatic carbocycles. The van der Waals surface area contributed by atoms with E-state index in [2.05, 4.69) is 4.98 Å². The number of halogens is 1. The van der Waals surface area contributed by atoms with E-state index in [0.29, 0.717) is 10.6 Å². The van der Waals surface area contributed by atoms with E-state index in [1.54, 1.807) is 30.6 Å². The summed E-state index contributed by atoms with van der Waals surface area (Å²) in [4.78, 5) is 5.28. The molecule has 1 heterocycles. The van der Waals surface area contributed by atoms with Crippen molar-refractivity contribution in [2.45, 2.75) is 10.6 Å². The van der Waals surface area contributed by atoms with Crippen molar-refractivity contribution in [3.8, 4) is 16.3 Å². The van der Waals surface area contributed by atoms with Gasteiger partial charge in [-0.3, -0.25) is 0 Å². The molecule has 3 rings (SSSR count). The van der Waals surface area contributed by atoms with Crippen LogP contribution < -0.4 is 4.74 Å². The Labute approximate surface area is 137 Å². The predicted molar refractivity (Wildman–Crippen MR) is 90.1 cm³/mol. The lowest BCUT2D eigenvalue weighted by molar-refractivity contribution is 0.416. The van der Waals surface area contributed by atoms with Gasteiger partial charge in [0.25, 0.3) is 0 Å². The summed E-state index contributed by atoms with van der Waals surface area (Å²) in [5, 5.41) is 2.93. The molecule has 0 saturated heterocycles. The van der Waals surface area contributed by atoms with Crippen molar-refractivity contribution in [3.05, 3.63) is 65.4 Å². The highest BCUT2D eigenvalue weighted by Crippen LogP contribution is 2.33. The summed E-state index contributed by atoms with van der Waals surface area (Å²) in [5.74, 6) is 1.27. The molecule has 0 fully saturated rings. The maximum absolute atomic E-state index is 13.6. The van der Waals surface area contributed by atoms with Gasteiger partial charge in [0, 0.05) is 16.0 Å². The van der Waals surface area contributed by atoms with E-state index in [4.69, 9.17) is 4.74 Å². The molecule has 0 spiro atoms. The van der Waals surface area contributed by atoms with Crippen LogP contribution in [0.5, 0.6) is 5.75 Å². The van der Waals surface area contributed by atoms with E-state index < -0.39 is 0 Å². The third kappa shape index (κ3) is 3.31. The number of para-hydroxylation sites is 1. The van der Waals surface area contributed by atoms with Gasteiger partial charge in [-0.05, 0) is 24.3 Å². The molecule has 0 aliphatic rings. The van der Waals surface area contributed by atoms with Gasteiger partial charge in [0.1, 0.15) is 16.6 Å². The largest absolute Gasteiger partial charge is 0.496 e. The van der Waals surface area contributed by atoms with Crippen molar-refractivity contribution in [3.63, 3.8) is 0 Å². The first-order chi connectivity index (χ1) is 10.8. The predicted octanol–water partition coefficient (Wildman–Crippen LogP) is 5.25. The summed E-state index contributed by atoms with van der Waals surface area (Å²) >= 11 is 3.03. The van der Waals surface area contributed by atoms with Crippen LogP contribution in [0.25, 0.3) is 10.6 Å². The van der Waals surface area contributed by atoms with E-state index in [-0.39, 0.29) is 5.82 Å². The molecule has 0 bridgehead atoms. The highest BCUT2D eigenvalue weighted by atomic mass is 32.2. The molecule has 22 heavy (non-hydrogen) atoms. The molecule has 0 atom stereocenters. The minimum absolute atomic E-state index is 0.187. The Bertz CT molecular complexity index is 773. The third-order valence-electron chi connectivity index (χ3n) is 3.10. The average molecular weight is 331 g/mol. The normalized spacial score (nSPS) is 10.6.